The van der Waals surface area contributed by atoms with E-state index in [1.165, 1.54) is 25.6 Å². The predicted molar refractivity (Wildman–Crippen MR) is 107 cm³/mol. The van der Waals surface area contributed by atoms with Crippen LogP contribution in [0.1, 0.15) is 20.9 Å². The van der Waals surface area contributed by atoms with E-state index < -0.39 is 0 Å². The summed E-state index contributed by atoms with van der Waals surface area (Å²) >= 11 is 13.4. The number of anilines is 1. The number of carbonyl (C=O) groups is 1. The molecule has 3 rings (SSSR count). The molecule has 0 aliphatic rings. The van der Waals surface area contributed by atoms with Gasteiger partial charge in [-0.1, -0.05) is 40.6 Å². The summed E-state index contributed by atoms with van der Waals surface area (Å²) in [7, 11) is 3.05. The fraction of sp³-hybridized carbons (Fsp3) is 0.167. The van der Waals surface area contributed by atoms with Crippen LogP contribution in [0.3, 0.4) is 0 Å². The Morgan fingerprint density at radius 1 is 1.07 bits per heavy atom. The van der Waals surface area contributed by atoms with Crippen molar-refractivity contribution in [3.63, 3.8) is 0 Å². The van der Waals surface area contributed by atoms with Crippen molar-refractivity contribution in [1.29, 1.82) is 0 Å². The Morgan fingerprint density at radius 2 is 1.85 bits per heavy atom. The van der Waals surface area contributed by atoms with E-state index in [0.717, 1.165) is 10.6 Å². The van der Waals surface area contributed by atoms with Crippen LogP contribution in [0.2, 0.25) is 10.0 Å². The van der Waals surface area contributed by atoms with Gasteiger partial charge in [-0.2, -0.15) is 0 Å². The zero-order valence-electron chi connectivity index (χ0n) is 14.5. The van der Waals surface area contributed by atoms with Gasteiger partial charge in [0, 0.05) is 22.0 Å². The van der Waals surface area contributed by atoms with E-state index in [1.807, 2.05) is 6.07 Å². The summed E-state index contributed by atoms with van der Waals surface area (Å²) in [5, 5.41) is 13.1. The lowest BCUT2D eigenvalue weighted by molar-refractivity contribution is 0.102. The first-order chi connectivity index (χ1) is 13.0. The van der Waals surface area contributed by atoms with Gasteiger partial charge in [0.2, 0.25) is 5.13 Å². The standard InChI is InChI=1S/C18H15Cl2N3O3S/c1-25-14-6-4-11(7-15(14)26-2)17(24)21-18-23-22-16(27-18)8-10-3-5-12(19)9-13(10)20/h3-7,9H,8H2,1-2H3,(H,21,23,24). The molecule has 0 aliphatic heterocycles. The van der Waals surface area contributed by atoms with Crippen LogP contribution in [0, 0.1) is 0 Å². The minimum atomic E-state index is -0.317. The van der Waals surface area contributed by atoms with Gasteiger partial charge < -0.3 is 9.47 Å². The second-order valence-electron chi connectivity index (χ2n) is 5.44. The Bertz CT molecular complexity index is 978. The molecule has 0 fully saturated rings. The lowest BCUT2D eigenvalue weighted by Crippen LogP contribution is -2.11. The number of benzene rings is 2. The van der Waals surface area contributed by atoms with E-state index in [4.69, 9.17) is 32.7 Å². The molecular formula is C18H15Cl2N3O3S. The van der Waals surface area contributed by atoms with Crippen molar-refractivity contribution >= 4 is 45.6 Å². The zero-order valence-corrected chi connectivity index (χ0v) is 16.8. The lowest BCUT2D eigenvalue weighted by atomic mass is 10.2. The molecule has 0 bridgehead atoms. The molecule has 1 N–H and O–H groups in total. The third-order valence-corrected chi connectivity index (χ3v) is 5.12. The highest BCUT2D eigenvalue weighted by atomic mass is 35.5. The number of aromatic nitrogens is 2. The first kappa shape index (κ1) is 19.4. The highest BCUT2D eigenvalue weighted by molar-refractivity contribution is 7.15. The van der Waals surface area contributed by atoms with Gasteiger partial charge in [-0.25, -0.2) is 0 Å². The van der Waals surface area contributed by atoms with Gasteiger partial charge >= 0.3 is 0 Å². The van der Waals surface area contributed by atoms with Gasteiger partial charge in [-0.05, 0) is 35.9 Å². The SMILES string of the molecule is COc1ccc(C(=O)Nc2nnc(Cc3ccc(Cl)cc3Cl)s2)cc1OC. The van der Waals surface area contributed by atoms with Crippen molar-refractivity contribution in [2.24, 2.45) is 0 Å². The molecule has 27 heavy (non-hydrogen) atoms. The highest BCUT2D eigenvalue weighted by Crippen LogP contribution is 2.29. The number of hydrogen-bond acceptors (Lipinski definition) is 6. The summed E-state index contributed by atoms with van der Waals surface area (Å²) in [6.07, 6.45) is 0.500. The maximum Gasteiger partial charge on any atom is 0.257 e. The van der Waals surface area contributed by atoms with Gasteiger partial charge in [0.05, 0.1) is 14.2 Å². The Balaban J connectivity index is 1.71. The van der Waals surface area contributed by atoms with Crippen molar-refractivity contribution in [3.05, 3.63) is 62.6 Å². The van der Waals surface area contributed by atoms with Gasteiger partial charge in [-0.15, -0.1) is 10.2 Å². The summed E-state index contributed by atoms with van der Waals surface area (Å²) in [5.41, 5.74) is 1.31. The minimum Gasteiger partial charge on any atom is -0.493 e. The number of carbonyl (C=O) groups excluding carboxylic acids is 1. The van der Waals surface area contributed by atoms with Crippen LogP contribution >= 0.6 is 34.5 Å². The third-order valence-electron chi connectivity index (χ3n) is 3.69. The molecule has 6 nitrogen and oxygen atoms in total. The number of nitrogens with one attached hydrogen (secondary N) is 1. The van der Waals surface area contributed by atoms with Crippen LogP contribution in [0.4, 0.5) is 5.13 Å². The molecule has 0 atom stereocenters. The third kappa shape index (κ3) is 4.68. The maximum atomic E-state index is 12.4. The van der Waals surface area contributed by atoms with E-state index in [9.17, 15) is 4.79 Å². The van der Waals surface area contributed by atoms with E-state index in [1.54, 1.807) is 30.3 Å². The van der Waals surface area contributed by atoms with Gasteiger partial charge in [0.25, 0.3) is 5.91 Å². The fourth-order valence-electron chi connectivity index (χ4n) is 2.35. The largest absolute Gasteiger partial charge is 0.493 e. The van der Waals surface area contributed by atoms with E-state index in [-0.39, 0.29) is 5.91 Å². The Morgan fingerprint density at radius 3 is 2.56 bits per heavy atom. The molecule has 0 spiro atoms. The number of nitrogens with zero attached hydrogens (tertiary/aromatic N) is 2. The van der Waals surface area contributed by atoms with Gasteiger partial charge in [0.1, 0.15) is 5.01 Å². The molecular weight excluding hydrogens is 409 g/mol. The first-order valence-corrected chi connectivity index (χ1v) is 9.37. The molecule has 0 aliphatic carbocycles. The summed E-state index contributed by atoms with van der Waals surface area (Å²) < 4.78 is 10.4. The van der Waals surface area contributed by atoms with E-state index in [2.05, 4.69) is 15.5 Å². The van der Waals surface area contributed by atoms with Crippen LogP contribution < -0.4 is 14.8 Å². The Kier molecular flexibility index (Phi) is 6.15. The Hall–Kier alpha value is -2.35. The molecule has 1 aromatic heterocycles. The first-order valence-electron chi connectivity index (χ1n) is 7.80. The summed E-state index contributed by atoms with van der Waals surface area (Å²) in [6, 6.07) is 10.2. The fourth-order valence-corrected chi connectivity index (χ4v) is 3.58. The number of rotatable bonds is 6. The van der Waals surface area contributed by atoms with Crippen molar-refractivity contribution in [2.45, 2.75) is 6.42 Å². The van der Waals surface area contributed by atoms with Crippen molar-refractivity contribution in [3.8, 4) is 11.5 Å². The zero-order chi connectivity index (χ0) is 19.4. The molecule has 2 aromatic carbocycles. The normalized spacial score (nSPS) is 10.5. The molecule has 1 heterocycles. The quantitative estimate of drug-likeness (QED) is 0.621. The molecule has 140 valence electrons. The molecule has 0 saturated carbocycles. The van der Waals surface area contributed by atoms with Crippen LogP contribution in [0.5, 0.6) is 11.5 Å². The number of hydrogen-bond donors (Lipinski definition) is 1. The predicted octanol–water partition coefficient (Wildman–Crippen LogP) is 4.71. The molecule has 3 aromatic rings. The number of methoxy groups -OCH3 is 2. The van der Waals surface area contributed by atoms with Gasteiger partial charge in [0.15, 0.2) is 11.5 Å². The maximum absolute atomic E-state index is 12.4. The van der Waals surface area contributed by atoms with Crippen molar-refractivity contribution in [1.82, 2.24) is 10.2 Å². The number of halogens is 2. The van der Waals surface area contributed by atoms with Crippen molar-refractivity contribution < 1.29 is 14.3 Å². The second kappa shape index (κ2) is 8.56. The summed E-state index contributed by atoms with van der Waals surface area (Å²) in [4.78, 5) is 12.4. The van der Waals surface area contributed by atoms with Gasteiger partial charge in [-0.3, -0.25) is 10.1 Å². The molecule has 1 amide bonds. The molecule has 9 heteroatoms. The summed E-state index contributed by atoms with van der Waals surface area (Å²) in [6.45, 7) is 0. The van der Waals surface area contributed by atoms with Crippen molar-refractivity contribution in [2.75, 3.05) is 19.5 Å². The highest BCUT2D eigenvalue weighted by Gasteiger charge is 2.14. The topological polar surface area (TPSA) is 73.3 Å². The van der Waals surface area contributed by atoms with Crippen LogP contribution in [-0.2, 0) is 6.42 Å². The summed E-state index contributed by atoms with van der Waals surface area (Å²) in [5.74, 6) is 0.704. The minimum absolute atomic E-state index is 0.317. The van der Waals surface area contributed by atoms with E-state index >= 15 is 0 Å². The second-order valence-corrected chi connectivity index (χ2v) is 7.34. The average molecular weight is 424 g/mol. The van der Waals surface area contributed by atoms with E-state index in [0.29, 0.717) is 38.7 Å². The van der Waals surface area contributed by atoms with Crippen LogP contribution in [0.15, 0.2) is 36.4 Å². The monoisotopic (exact) mass is 423 g/mol. The van der Waals surface area contributed by atoms with Crippen LogP contribution in [-0.4, -0.2) is 30.3 Å². The average Bonchev–Trinajstić information content (AvgIpc) is 3.10. The van der Waals surface area contributed by atoms with Crippen LogP contribution in [0.25, 0.3) is 0 Å². The lowest BCUT2D eigenvalue weighted by Gasteiger charge is -2.08. The number of amides is 1. The molecule has 0 unspecified atom stereocenters. The molecule has 0 saturated heterocycles. The number of ether oxygens (including phenoxy) is 2. The smallest absolute Gasteiger partial charge is 0.257 e. The molecule has 0 radical (unpaired) electrons. The Labute approximate surface area is 170 Å².